The summed E-state index contributed by atoms with van der Waals surface area (Å²) in [6.45, 7) is 2.06. The normalized spacial score (nSPS) is 12.9. The summed E-state index contributed by atoms with van der Waals surface area (Å²) in [5, 5.41) is 14.1. The molecule has 2 N–H and O–H groups in total. The van der Waals surface area contributed by atoms with Crippen molar-refractivity contribution in [3.8, 4) is 5.75 Å². The predicted octanol–water partition coefficient (Wildman–Crippen LogP) is 3.91. The molecule has 2 heterocycles. The number of benzene rings is 1. The maximum atomic E-state index is 13.9. The molecule has 0 aliphatic rings. The third kappa shape index (κ3) is 4.74. The first kappa shape index (κ1) is 20.0. The molecule has 0 amide bonds. The molecule has 0 radical (unpaired) electrons. The van der Waals surface area contributed by atoms with Crippen LogP contribution in [0.4, 0.5) is 4.39 Å². The van der Waals surface area contributed by atoms with Gasteiger partial charge in [0.15, 0.2) is 11.6 Å². The summed E-state index contributed by atoms with van der Waals surface area (Å²) < 4.78 is 46.2. The molecule has 0 aliphatic heterocycles. The van der Waals surface area contributed by atoms with Gasteiger partial charge in [0.05, 0.1) is 11.5 Å². The molecule has 9 heteroatoms. The molecule has 0 fully saturated rings. The number of thiophene rings is 2. The van der Waals surface area contributed by atoms with Crippen molar-refractivity contribution in [3.05, 3.63) is 68.3 Å². The largest absolute Gasteiger partial charge is 0.491 e. The van der Waals surface area contributed by atoms with E-state index in [0.717, 1.165) is 21.4 Å². The van der Waals surface area contributed by atoms with E-state index in [9.17, 15) is 17.9 Å². The van der Waals surface area contributed by atoms with Gasteiger partial charge in [-0.2, -0.15) is 11.3 Å². The lowest BCUT2D eigenvalue weighted by Crippen LogP contribution is -2.23. The summed E-state index contributed by atoms with van der Waals surface area (Å²) in [6, 6.07) is 8.92. The fourth-order valence-electron chi connectivity index (χ4n) is 2.40. The quantitative estimate of drug-likeness (QED) is 0.572. The molecule has 3 aromatic rings. The van der Waals surface area contributed by atoms with Crippen LogP contribution >= 0.6 is 22.7 Å². The summed E-state index contributed by atoms with van der Waals surface area (Å²) in [7, 11) is -3.87. The molecule has 0 spiro atoms. The van der Waals surface area contributed by atoms with Gasteiger partial charge in [-0.25, -0.2) is 17.5 Å². The number of hydrogen-bond acceptors (Lipinski definition) is 6. The second kappa shape index (κ2) is 8.49. The van der Waals surface area contributed by atoms with Crippen LogP contribution in [-0.2, 0) is 16.6 Å². The van der Waals surface area contributed by atoms with Crippen molar-refractivity contribution in [1.29, 1.82) is 0 Å². The van der Waals surface area contributed by atoms with Crippen molar-refractivity contribution in [2.24, 2.45) is 0 Å². The number of aliphatic hydroxyl groups excluding tert-OH is 1. The Balaban J connectivity index is 1.68. The Labute approximate surface area is 165 Å². The smallest absolute Gasteiger partial charge is 0.241 e. The molecule has 1 aromatic carbocycles. The van der Waals surface area contributed by atoms with Gasteiger partial charge in [-0.1, -0.05) is 0 Å². The van der Waals surface area contributed by atoms with Crippen LogP contribution in [0.2, 0.25) is 0 Å². The zero-order valence-electron chi connectivity index (χ0n) is 14.4. The van der Waals surface area contributed by atoms with Gasteiger partial charge < -0.3 is 9.84 Å². The first-order valence-corrected chi connectivity index (χ1v) is 11.4. The first-order valence-electron chi connectivity index (χ1n) is 8.11. The van der Waals surface area contributed by atoms with E-state index in [2.05, 4.69) is 4.72 Å². The number of sulfonamides is 1. The van der Waals surface area contributed by atoms with E-state index in [1.54, 1.807) is 19.1 Å². The number of halogens is 1. The Morgan fingerprint density at radius 2 is 2.07 bits per heavy atom. The second-order valence-corrected chi connectivity index (χ2v) is 9.36. The van der Waals surface area contributed by atoms with E-state index in [1.807, 2.05) is 16.8 Å². The van der Waals surface area contributed by atoms with E-state index in [-0.39, 0.29) is 17.2 Å². The van der Waals surface area contributed by atoms with Gasteiger partial charge in [0.1, 0.15) is 6.10 Å². The number of nitrogens with one attached hydrogen (secondary N) is 1. The van der Waals surface area contributed by atoms with Crippen LogP contribution in [0.3, 0.4) is 0 Å². The summed E-state index contributed by atoms with van der Waals surface area (Å²) in [4.78, 5) is 1.31. The van der Waals surface area contributed by atoms with Crippen LogP contribution in [0.1, 0.15) is 28.3 Å². The highest BCUT2D eigenvalue weighted by molar-refractivity contribution is 7.89. The number of aliphatic hydroxyl groups is 1. The lowest BCUT2D eigenvalue weighted by molar-refractivity contribution is 0.224. The van der Waals surface area contributed by atoms with Crippen LogP contribution in [-0.4, -0.2) is 20.1 Å². The van der Waals surface area contributed by atoms with E-state index in [0.29, 0.717) is 6.61 Å². The molecule has 3 rings (SSSR count). The zero-order chi connectivity index (χ0) is 19.4. The Bertz CT molecular complexity index is 1000. The highest BCUT2D eigenvalue weighted by Crippen LogP contribution is 2.30. The molecular weight excluding hydrogens is 409 g/mol. The van der Waals surface area contributed by atoms with Gasteiger partial charge in [0.25, 0.3) is 0 Å². The lowest BCUT2D eigenvalue weighted by Gasteiger charge is -2.09. The standard InChI is InChI=1S/C18H18FNO4S3/c1-2-24-16-5-4-14(9-15(16)19)27(22,23)20-10-13-3-6-17(26-13)18(21)12-7-8-25-11-12/h3-9,11,18,20-21H,2,10H2,1H3/t18-/m1/s1. The maximum absolute atomic E-state index is 13.9. The van der Waals surface area contributed by atoms with Crippen LogP contribution < -0.4 is 9.46 Å². The minimum atomic E-state index is -3.87. The minimum Gasteiger partial charge on any atom is -0.491 e. The van der Waals surface area contributed by atoms with Crippen LogP contribution in [0, 0.1) is 5.82 Å². The number of hydrogen-bond donors (Lipinski definition) is 2. The van der Waals surface area contributed by atoms with Crippen molar-refractivity contribution in [3.63, 3.8) is 0 Å². The summed E-state index contributed by atoms with van der Waals surface area (Å²) in [6.07, 6.45) is -0.730. The van der Waals surface area contributed by atoms with Gasteiger partial charge in [-0.15, -0.1) is 11.3 Å². The third-order valence-electron chi connectivity index (χ3n) is 3.76. The molecule has 5 nitrogen and oxygen atoms in total. The van der Waals surface area contributed by atoms with Gasteiger partial charge in [-0.05, 0) is 59.6 Å². The topological polar surface area (TPSA) is 75.6 Å². The Kier molecular flexibility index (Phi) is 6.28. The Morgan fingerprint density at radius 3 is 2.74 bits per heavy atom. The van der Waals surface area contributed by atoms with Crippen LogP contribution in [0.25, 0.3) is 0 Å². The molecule has 0 unspecified atom stereocenters. The number of ether oxygens (including phenoxy) is 1. The highest BCUT2D eigenvalue weighted by Gasteiger charge is 2.18. The highest BCUT2D eigenvalue weighted by atomic mass is 32.2. The van der Waals surface area contributed by atoms with Gasteiger partial charge in [-0.3, -0.25) is 0 Å². The second-order valence-electron chi connectivity index (χ2n) is 5.61. The maximum Gasteiger partial charge on any atom is 0.241 e. The van der Waals surface area contributed by atoms with Crippen molar-refractivity contribution in [2.75, 3.05) is 6.61 Å². The predicted molar refractivity (Wildman–Crippen MR) is 104 cm³/mol. The van der Waals surface area contributed by atoms with E-state index in [1.165, 1.54) is 34.8 Å². The van der Waals surface area contributed by atoms with Gasteiger partial charge in [0.2, 0.25) is 10.0 Å². The molecule has 2 aromatic heterocycles. The van der Waals surface area contributed by atoms with Crippen molar-refractivity contribution >= 4 is 32.7 Å². The van der Waals surface area contributed by atoms with E-state index in [4.69, 9.17) is 4.74 Å². The fraction of sp³-hybridized carbons (Fsp3) is 0.222. The molecular formula is C18H18FNO4S3. The van der Waals surface area contributed by atoms with Gasteiger partial charge >= 0.3 is 0 Å². The summed E-state index contributed by atoms with van der Waals surface area (Å²) in [5.41, 5.74) is 0.804. The summed E-state index contributed by atoms with van der Waals surface area (Å²) >= 11 is 2.82. The van der Waals surface area contributed by atoms with Crippen molar-refractivity contribution in [1.82, 2.24) is 4.72 Å². The average Bonchev–Trinajstić information content (AvgIpc) is 3.33. The van der Waals surface area contributed by atoms with E-state index < -0.39 is 21.9 Å². The molecule has 0 aliphatic carbocycles. The molecule has 1 atom stereocenters. The van der Waals surface area contributed by atoms with Crippen molar-refractivity contribution < 1.29 is 22.7 Å². The molecule has 0 saturated carbocycles. The monoisotopic (exact) mass is 427 g/mol. The SMILES string of the molecule is CCOc1ccc(S(=O)(=O)NCc2ccc([C@H](O)c3ccsc3)s2)cc1F. The first-order chi connectivity index (χ1) is 12.9. The Morgan fingerprint density at radius 1 is 1.26 bits per heavy atom. The van der Waals surface area contributed by atoms with Gasteiger partial charge in [0, 0.05) is 16.3 Å². The van der Waals surface area contributed by atoms with E-state index >= 15 is 0 Å². The van der Waals surface area contributed by atoms with Crippen LogP contribution in [0.15, 0.2) is 52.1 Å². The number of rotatable bonds is 8. The minimum absolute atomic E-state index is 0.0155. The summed E-state index contributed by atoms with van der Waals surface area (Å²) in [5.74, 6) is -0.709. The molecule has 0 bridgehead atoms. The fourth-order valence-corrected chi connectivity index (χ4v) is 5.16. The molecule has 0 saturated heterocycles. The molecule has 144 valence electrons. The van der Waals surface area contributed by atoms with Crippen LogP contribution in [0.5, 0.6) is 5.75 Å². The lowest BCUT2D eigenvalue weighted by atomic mass is 10.2. The molecule has 27 heavy (non-hydrogen) atoms. The Hall–Kier alpha value is -1.78. The van der Waals surface area contributed by atoms with Crippen molar-refractivity contribution in [2.45, 2.75) is 24.5 Å². The third-order valence-corrected chi connectivity index (χ3v) is 7.00. The average molecular weight is 428 g/mol. The zero-order valence-corrected chi connectivity index (χ0v) is 16.8.